The maximum Gasteiger partial charge on any atom is 0.322 e. The van der Waals surface area contributed by atoms with Gasteiger partial charge in [0.25, 0.3) is 0 Å². The number of ether oxygens (including phenoxy) is 1. The topological polar surface area (TPSA) is 110 Å². The molecule has 0 amide bonds. The zero-order chi connectivity index (χ0) is 31.1. The van der Waals surface area contributed by atoms with E-state index in [1.54, 1.807) is 0 Å². The third kappa shape index (κ3) is 13.8. The van der Waals surface area contributed by atoms with Crippen molar-refractivity contribution in [1.29, 1.82) is 0 Å². The van der Waals surface area contributed by atoms with Crippen molar-refractivity contribution in [1.82, 2.24) is 4.72 Å². The van der Waals surface area contributed by atoms with E-state index >= 15 is 0 Å². The third-order valence-electron chi connectivity index (χ3n) is 6.42. The Morgan fingerprint density at radius 2 is 1.67 bits per heavy atom. The molecule has 9 heteroatoms. The predicted molar refractivity (Wildman–Crippen MR) is 172 cm³/mol. The zero-order valence-electron chi connectivity index (χ0n) is 25.1. The second-order valence-corrected chi connectivity index (χ2v) is 13.4. The molecule has 42 heavy (non-hydrogen) atoms. The van der Waals surface area contributed by atoms with Gasteiger partial charge in [-0.25, -0.2) is 13.1 Å². The van der Waals surface area contributed by atoms with Gasteiger partial charge in [-0.05, 0) is 64.2 Å². The van der Waals surface area contributed by atoms with Crippen LogP contribution in [0.4, 0.5) is 0 Å². The number of hydrogen-bond acceptors (Lipinski definition) is 6. The van der Waals surface area contributed by atoms with Crippen molar-refractivity contribution in [3.8, 4) is 0 Å². The number of rotatable bonds is 18. The van der Waals surface area contributed by atoms with Crippen LogP contribution in [-0.2, 0) is 26.2 Å². The van der Waals surface area contributed by atoms with Crippen LogP contribution in [0.15, 0.2) is 89.5 Å². The molecule has 7 nitrogen and oxygen atoms in total. The van der Waals surface area contributed by atoms with Crippen LogP contribution in [0, 0.1) is 0 Å². The molecule has 0 heterocycles. The smallest absolute Gasteiger partial charge is 0.322 e. The minimum Gasteiger partial charge on any atom is -0.480 e. The van der Waals surface area contributed by atoms with Gasteiger partial charge < -0.3 is 9.84 Å². The molecule has 2 N–H and O–H groups in total. The molecule has 0 radical (unpaired) electrons. The van der Waals surface area contributed by atoms with Gasteiger partial charge in [0.1, 0.15) is 6.04 Å². The molecule has 0 bridgehead atoms. The Balaban J connectivity index is 1.94. The van der Waals surface area contributed by atoms with Gasteiger partial charge >= 0.3 is 5.97 Å². The fraction of sp³-hybridized carbons (Fsp3) is 0.394. The van der Waals surface area contributed by atoms with E-state index in [0.29, 0.717) is 23.5 Å². The van der Waals surface area contributed by atoms with E-state index in [1.165, 1.54) is 22.9 Å². The van der Waals surface area contributed by atoms with E-state index in [4.69, 9.17) is 4.74 Å². The van der Waals surface area contributed by atoms with E-state index in [1.807, 2.05) is 67.6 Å². The number of allylic oxidation sites excluding steroid dienone is 3. The monoisotopic (exact) mass is 616 g/mol. The SMILES string of the molecule is CC(C)=CCC(OCc1cccc(C(=O)c2ccccc2)c1)/C(C)=C/CC/C(C)=C/CSC[C@H](N[35S](C)(=O)=O)C(=O)O. The first-order valence-corrected chi connectivity index (χ1v) is 16.9. The van der Waals surface area contributed by atoms with Gasteiger partial charge in [-0.1, -0.05) is 77.9 Å². The number of sulfonamides is 1. The highest BCUT2D eigenvalue weighted by molar-refractivity contribution is 7.99. The summed E-state index contributed by atoms with van der Waals surface area (Å²) in [5.41, 5.74) is 5.78. The average molecular weight is 617 g/mol. The highest BCUT2D eigenvalue weighted by Gasteiger charge is 2.21. The molecular formula is C33H43NO6S2. The maximum absolute atomic E-state index is 12.9. The minimum atomic E-state index is -3.59. The highest BCUT2D eigenvalue weighted by Crippen LogP contribution is 2.19. The minimum absolute atomic E-state index is 0.0104. The van der Waals surface area contributed by atoms with Crippen LogP contribution in [0.5, 0.6) is 0 Å². The number of hydrogen-bond donors (Lipinski definition) is 2. The number of carboxylic acids is 1. The van der Waals surface area contributed by atoms with Crippen LogP contribution >= 0.6 is 11.8 Å². The van der Waals surface area contributed by atoms with Crippen molar-refractivity contribution in [3.05, 3.63) is 106 Å². The summed E-state index contributed by atoms with van der Waals surface area (Å²) in [5, 5.41) is 9.22. The number of thioether (sulfide) groups is 1. The summed E-state index contributed by atoms with van der Waals surface area (Å²) >= 11 is 1.37. The quantitative estimate of drug-likeness (QED) is 0.111. The molecule has 0 aliphatic carbocycles. The predicted octanol–water partition coefficient (Wildman–Crippen LogP) is 6.57. The summed E-state index contributed by atoms with van der Waals surface area (Å²) in [5.74, 6) is -0.448. The van der Waals surface area contributed by atoms with Crippen LogP contribution in [0.25, 0.3) is 0 Å². The third-order valence-corrected chi connectivity index (χ3v) is 8.10. The Kier molecular flexibility index (Phi) is 15.0. The Morgan fingerprint density at radius 1 is 0.976 bits per heavy atom. The molecule has 228 valence electrons. The number of aliphatic carboxylic acids is 1. The molecule has 2 rings (SSSR count). The summed E-state index contributed by atoms with van der Waals surface area (Å²) in [4.78, 5) is 24.2. The number of carbonyl (C=O) groups excluding carboxylic acids is 1. The molecule has 2 atom stereocenters. The molecule has 0 aliphatic rings. The second kappa shape index (κ2) is 17.9. The Morgan fingerprint density at radius 3 is 2.31 bits per heavy atom. The maximum atomic E-state index is 12.9. The van der Waals surface area contributed by atoms with Gasteiger partial charge in [0.2, 0.25) is 10.0 Å². The molecule has 0 aliphatic heterocycles. The average Bonchev–Trinajstić information content (AvgIpc) is 2.94. The fourth-order valence-corrected chi connectivity index (χ4v) is 5.85. The fourth-order valence-electron chi connectivity index (χ4n) is 4.05. The summed E-state index contributed by atoms with van der Waals surface area (Å²) in [6, 6.07) is 15.7. The first kappa shape index (κ1) is 35.2. The van der Waals surface area contributed by atoms with Crippen molar-refractivity contribution in [2.45, 2.75) is 65.7 Å². The van der Waals surface area contributed by atoms with Crippen LogP contribution < -0.4 is 4.72 Å². The second-order valence-electron chi connectivity index (χ2n) is 10.6. The number of ketones is 1. The van der Waals surface area contributed by atoms with Crippen molar-refractivity contribution in [2.75, 3.05) is 17.8 Å². The molecule has 0 spiro atoms. The van der Waals surface area contributed by atoms with E-state index in [-0.39, 0.29) is 17.6 Å². The Bertz CT molecular complexity index is 1380. The first-order valence-electron chi connectivity index (χ1n) is 13.9. The molecule has 1 unspecified atom stereocenters. The summed E-state index contributed by atoms with van der Waals surface area (Å²) < 4.78 is 31.2. The number of benzene rings is 2. The van der Waals surface area contributed by atoms with Crippen LogP contribution in [0.3, 0.4) is 0 Å². The van der Waals surface area contributed by atoms with Crippen molar-refractivity contribution in [2.24, 2.45) is 0 Å². The summed E-state index contributed by atoms with van der Waals surface area (Å²) in [7, 11) is -3.59. The lowest BCUT2D eigenvalue weighted by atomic mass is 10.0. The molecular weight excluding hydrogens is 573 g/mol. The molecule has 2 aromatic rings. The molecule has 0 aromatic heterocycles. The van der Waals surface area contributed by atoms with E-state index in [9.17, 15) is 23.1 Å². The Labute approximate surface area is 255 Å². The molecule has 0 saturated carbocycles. The van der Waals surface area contributed by atoms with E-state index < -0.39 is 22.0 Å². The van der Waals surface area contributed by atoms with E-state index in [2.05, 4.69) is 37.6 Å². The van der Waals surface area contributed by atoms with Gasteiger partial charge in [-0.2, -0.15) is 11.8 Å². The molecule has 2 aromatic carbocycles. The van der Waals surface area contributed by atoms with E-state index in [0.717, 1.165) is 36.7 Å². The van der Waals surface area contributed by atoms with Crippen molar-refractivity contribution >= 4 is 33.5 Å². The highest BCUT2D eigenvalue weighted by atomic mass is 35.1. The van der Waals surface area contributed by atoms with Gasteiger partial charge in [-0.15, -0.1) is 0 Å². The molecule has 0 fully saturated rings. The largest absolute Gasteiger partial charge is 0.480 e. The van der Waals surface area contributed by atoms with Crippen LogP contribution in [-0.4, -0.2) is 55.2 Å². The lowest BCUT2D eigenvalue weighted by Crippen LogP contribution is -2.42. The number of carbonyl (C=O) groups is 2. The number of nitrogens with one attached hydrogen (secondary N) is 1. The van der Waals surface area contributed by atoms with Crippen molar-refractivity contribution in [3.63, 3.8) is 0 Å². The van der Waals surface area contributed by atoms with Gasteiger partial charge in [0, 0.05) is 22.6 Å². The first-order chi connectivity index (χ1) is 19.9. The molecule has 0 saturated heterocycles. The van der Waals surface area contributed by atoms with Gasteiger partial charge in [0.05, 0.1) is 19.0 Å². The van der Waals surface area contributed by atoms with Crippen LogP contribution in [0.1, 0.15) is 68.4 Å². The summed E-state index contributed by atoms with van der Waals surface area (Å²) in [6.45, 7) is 8.64. The van der Waals surface area contributed by atoms with Crippen molar-refractivity contribution < 1.29 is 27.9 Å². The zero-order valence-corrected chi connectivity index (χ0v) is 26.8. The lowest BCUT2D eigenvalue weighted by Gasteiger charge is -2.18. The van der Waals surface area contributed by atoms with Gasteiger partial charge in [0.15, 0.2) is 5.78 Å². The van der Waals surface area contributed by atoms with Gasteiger partial charge in [-0.3, -0.25) is 9.59 Å². The van der Waals surface area contributed by atoms with Crippen LogP contribution in [0.2, 0.25) is 0 Å². The lowest BCUT2D eigenvalue weighted by molar-refractivity contribution is -0.138. The normalized spacial score (nSPS) is 13.8. The number of carboxylic acid groups (broad SMARTS) is 1. The summed E-state index contributed by atoms with van der Waals surface area (Å²) in [6.07, 6.45) is 9.71. The Hall–Kier alpha value is -2.98. The standard InChI is InChI=1S/C33H43NO6S2/c1-24(2)17-18-31(40-22-27-13-10-16-29(21-27)32(35)28-14-7-6-8-15-28)26(4)12-9-11-25(3)19-20-41-23-30(33(36)37)34-42(5,38)39/h6-8,10,12-17,19,21,30-31,34H,9,11,18,20,22-23H2,1-5H3,(H,36,37)/b25-19+,26-12+/t30-,31?/m0/s1/i42+3.